The van der Waals surface area contributed by atoms with E-state index in [1.165, 1.54) is 7.11 Å². The fourth-order valence-electron chi connectivity index (χ4n) is 1.39. The molecule has 0 radical (unpaired) electrons. The van der Waals surface area contributed by atoms with Crippen LogP contribution in [0.4, 0.5) is 0 Å². The average molecular weight is 266 g/mol. The number of carbonyl (C=O) groups excluding carboxylic acids is 2. The molecule has 5 nitrogen and oxygen atoms in total. The molecular weight excluding hydrogens is 244 g/mol. The largest absolute Gasteiger partial charge is 0.467 e. The lowest BCUT2D eigenvalue weighted by Gasteiger charge is -2.19. The third kappa shape index (κ3) is 6.05. The maximum absolute atomic E-state index is 11.9. The number of hydrogen-bond donors (Lipinski definition) is 1. The monoisotopic (exact) mass is 266 g/mol. The highest BCUT2D eigenvalue weighted by Crippen LogP contribution is 2.07. The van der Waals surface area contributed by atoms with Crippen LogP contribution >= 0.6 is 0 Å². The van der Waals surface area contributed by atoms with E-state index in [2.05, 4.69) is 10.1 Å². The van der Waals surface area contributed by atoms with Crippen molar-refractivity contribution in [1.82, 2.24) is 5.32 Å². The van der Waals surface area contributed by atoms with E-state index in [1.807, 2.05) is 19.9 Å². The van der Waals surface area contributed by atoms with Gasteiger partial charge in [0, 0.05) is 0 Å². The van der Waals surface area contributed by atoms with Gasteiger partial charge in [0.1, 0.15) is 17.7 Å². The number of allylic oxidation sites excluding steroid dienone is 1. The van der Waals surface area contributed by atoms with Crippen LogP contribution in [0.1, 0.15) is 34.1 Å². The summed E-state index contributed by atoms with van der Waals surface area (Å²) in [4.78, 5) is 23.4. The van der Waals surface area contributed by atoms with Crippen molar-refractivity contribution in [1.29, 1.82) is 5.26 Å². The molecule has 0 aromatic rings. The van der Waals surface area contributed by atoms with Crippen LogP contribution in [0.5, 0.6) is 0 Å². The van der Waals surface area contributed by atoms with Gasteiger partial charge in [0.2, 0.25) is 0 Å². The van der Waals surface area contributed by atoms with E-state index in [1.54, 1.807) is 19.9 Å². The first-order valence-corrected chi connectivity index (χ1v) is 6.32. The predicted molar refractivity (Wildman–Crippen MR) is 71.9 cm³/mol. The molecule has 106 valence electrons. The molecule has 0 saturated heterocycles. The Morgan fingerprint density at radius 1 is 1.32 bits per heavy atom. The van der Waals surface area contributed by atoms with E-state index >= 15 is 0 Å². The minimum atomic E-state index is -0.742. The summed E-state index contributed by atoms with van der Waals surface area (Å²) in [5, 5.41) is 11.5. The Balaban J connectivity index is 4.85. The Morgan fingerprint density at radius 2 is 1.89 bits per heavy atom. The van der Waals surface area contributed by atoms with Crippen molar-refractivity contribution in [3.63, 3.8) is 0 Å². The van der Waals surface area contributed by atoms with Crippen LogP contribution in [0.15, 0.2) is 11.6 Å². The first-order chi connectivity index (χ1) is 8.83. The molecule has 0 unspecified atom stereocenters. The highest BCUT2D eigenvalue weighted by Gasteiger charge is 2.26. The minimum Gasteiger partial charge on any atom is -0.467 e. The van der Waals surface area contributed by atoms with Gasteiger partial charge in [0.05, 0.1) is 7.11 Å². The molecule has 0 bridgehead atoms. The number of esters is 1. The summed E-state index contributed by atoms with van der Waals surface area (Å²) in [7, 11) is 1.27. The number of hydrogen-bond acceptors (Lipinski definition) is 4. The van der Waals surface area contributed by atoms with Gasteiger partial charge in [-0.1, -0.05) is 33.8 Å². The Labute approximate surface area is 114 Å². The van der Waals surface area contributed by atoms with Crippen molar-refractivity contribution >= 4 is 11.9 Å². The molecular formula is C14H22N2O3. The molecule has 0 rings (SSSR count). The molecule has 0 saturated carbocycles. The minimum absolute atomic E-state index is 0.0308. The van der Waals surface area contributed by atoms with E-state index < -0.39 is 17.9 Å². The van der Waals surface area contributed by atoms with Crippen molar-refractivity contribution in [2.75, 3.05) is 7.11 Å². The van der Waals surface area contributed by atoms with Crippen LogP contribution < -0.4 is 5.32 Å². The molecule has 1 N–H and O–H groups in total. The Bertz CT molecular complexity index is 392. The maximum Gasteiger partial charge on any atom is 0.328 e. The summed E-state index contributed by atoms with van der Waals surface area (Å²) < 4.78 is 4.63. The van der Waals surface area contributed by atoms with Crippen LogP contribution in [0.3, 0.4) is 0 Å². The summed E-state index contributed by atoms with van der Waals surface area (Å²) in [6.07, 6.45) is 2.23. The molecule has 0 aromatic heterocycles. The second-order valence-corrected chi connectivity index (χ2v) is 5.08. The van der Waals surface area contributed by atoms with Crippen LogP contribution in [-0.2, 0) is 14.3 Å². The molecule has 0 spiro atoms. The summed E-state index contributed by atoms with van der Waals surface area (Å²) >= 11 is 0. The summed E-state index contributed by atoms with van der Waals surface area (Å²) in [5.41, 5.74) is 0.0308. The zero-order valence-corrected chi connectivity index (χ0v) is 12.2. The van der Waals surface area contributed by atoms with Gasteiger partial charge < -0.3 is 10.1 Å². The van der Waals surface area contributed by atoms with Crippen molar-refractivity contribution in [2.24, 2.45) is 11.8 Å². The van der Waals surface area contributed by atoms with Crippen molar-refractivity contribution in [3.8, 4) is 6.07 Å². The van der Waals surface area contributed by atoms with Gasteiger partial charge in [-0.3, -0.25) is 4.79 Å². The predicted octanol–water partition coefficient (Wildman–Crippen LogP) is 1.80. The van der Waals surface area contributed by atoms with E-state index in [0.29, 0.717) is 12.3 Å². The van der Waals surface area contributed by atoms with Crippen LogP contribution in [0, 0.1) is 23.2 Å². The fourth-order valence-corrected chi connectivity index (χ4v) is 1.39. The number of nitrogens with one attached hydrogen (secondary N) is 1. The zero-order valence-electron chi connectivity index (χ0n) is 12.2. The van der Waals surface area contributed by atoms with Gasteiger partial charge in [0.25, 0.3) is 5.91 Å². The van der Waals surface area contributed by atoms with E-state index in [-0.39, 0.29) is 11.5 Å². The van der Waals surface area contributed by atoms with Crippen molar-refractivity contribution in [2.45, 2.75) is 40.2 Å². The van der Waals surface area contributed by atoms with E-state index in [0.717, 1.165) is 0 Å². The lowest BCUT2D eigenvalue weighted by molar-refractivity contribution is -0.145. The zero-order chi connectivity index (χ0) is 15.0. The van der Waals surface area contributed by atoms with Crippen LogP contribution in [-0.4, -0.2) is 25.0 Å². The SMILES string of the molecule is COC(=O)[C@@H](NC(=O)/C(C#N)=C/CC(C)C)C(C)C. The molecule has 0 aliphatic carbocycles. The molecule has 5 heteroatoms. The molecule has 1 amide bonds. The van der Waals surface area contributed by atoms with Crippen molar-refractivity contribution < 1.29 is 14.3 Å². The molecule has 0 aliphatic heterocycles. The molecule has 0 aromatic carbocycles. The van der Waals surface area contributed by atoms with Gasteiger partial charge in [0.15, 0.2) is 0 Å². The van der Waals surface area contributed by atoms with Gasteiger partial charge >= 0.3 is 5.97 Å². The van der Waals surface area contributed by atoms with E-state index in [9.17, 15) is 9.59 Å². The third-order valence-corrected chi connectivity index (χ3v) is 2.57. The number of rotatable bonds is 6. The summed E-state index contributed by atoms with van der Waals surface area (Å²) in [6.45, 7) is 7.58. The number of nitrogens with zero attached hydrogens (tertiary/aromatic N) is 1. The van der Waals surface area contributed by atoms with E-state index in [4.69, 9.17) is 5.26 Å². The number of ether oxygens (including phenoxy) is 1. The Morgan fingerprint density at radius 3 is 2.26 bits per heavy atom. The molecule has 0 fully saturated rings. The molecule has 1 atom stereocenters. The summed E-state index contributed by atoms with van der Waals surface area (Å²) in [6, 6.07) is 1.11. The lowest BCUT2D eigenvalue weighted by atomic mass is 10.0. The fraction of sp³-hybridized carbons (Fsp3) is 0.643. The van der Waals surface area contributed by atoms with Gasteiger partial charge in [-0.05, 0) is 18.3 Å². The number of methoxy groups -OCH3 is 1. The Hall–Kier alpha value is -1.83. The molecule has 0 aliphatic rings. The highest BCUT2D eigenvalue weighted by atomic mass is 16.5. The first kappa shape index (κ1) is 17.2. The van der Waals surface area contributed by atoms with Gasteiger partial charge in [-0.2, -0.15) is 5.26 Å². The number of amides is 1. The van der Waals surface area contributed by atoms with Crippen LogP contribution in [0.25, 0.3) is 0 Å². The number of carbonyl (C=O) groups is 2. The average Bonchev–Trinajstić information content (AvgIpc) is 2.34. The normalized spacial score (nSPS) is 13.1. The standard InChI is InChI=1S/C14H22N2O3/c1-9(2)6-7-11(8-15)13(17)16-12(10(3)4)14(18)19-5/h7,9-10,12H,6H2,1-5H3,(H,16,17)/b11-7+/t12-/m0/s1. The number of nitriles is 1. The third-order valence-electron chi connectivity index (χ3n) is 2.57. The summed E-state index contributed by atoms with van der Waals surface area (Å²) in [5.74, 6) is -0.796. The van der Waals surface area contributed by atoms with Gasteiger partial charge in [-0.25, -0.2) is 4.79 Å². The maximum atomic E-state index is 11.9. The van der Waals surface area contributed by atoms with Crippen LogP contribution in [0.2, 0.25) is 0 Å². The lowest BCUT2D eigenvalue weighted by Crippen LogP contribution is -2.45. The second-order valence-electron chi connectivity index (χ2n) is 5.08. The van der Waals surface area contributed by atoms with Gasteiger partial charge in [-0.15, -0.1) is 0 Å². The second kappa shape index (κ2) is 8.30. The molecule has 19 heavy (non-hydrogen) atoms. The highest BCUT2D eigenvalue weighted by molar-refractivity contribution is 5.99. The first-order valence-electron chi connectivity index (χ1n) is 6.32. The quantitative estimate of drug-likeness (QED) is 0.451. The smallest absolute Gasteiger partial charge is 0.328 e. The topological polar surface area (TPSA) is 79.2 Å². The molecule has 0 heterocycles. The Kier molecular flexibility index (Phi) is 7.50. The van der Waals surface area contributed by atoms with Crippen molar-refractivity contribution in [3.05, 3.63) is 11.6 Å².